The normalized spacial score (nSPS) is 10.5. The zero-order valence-corrected chi connectivity index (χ0v) is 17.8. The van der Waals surface area contributed by atoms with E-state index < -0.39 is 17.8 Å². The Labute approximate surface area is 189 Å². The van der Waals surface area contributed by atoms with E-state index in [-0.39, 0.29) is 12.2 Å². The maximum Gasteiger partial charge on any atom is 0.336 e. The molecule has 0 saturated carbocycles. The number of nitrogens with zero attached hydrogens (tertiary/aromatic N) is 1. The molecule has 0 aliphatic rings. The van der Waals surface area contributed by atoms with Crippen LogP contribution in [0.3, 0.4) is 0 Å². The molecule has 160 valence electrons. The van der Waals surface area contributed by atoms with Crippen LogP contribution in [0.15, 0.2) is 66.7 Å². The first-order valence-electron chi connectivity index (χ1n) is 9.24. The van der Waals surface area contributed by atoms with Crippen LogP contribution in [-0.2, 0) is 6.42 Å². The molecule has 0 spiro atoms. The van der Waals surface area contributed by atoms with Crippen molar-refractivity contribution in [2.45, 2.75) is 6.42 Å². The fraction of sp³-hybridized carbons (Fsp3) is 0.0909. The smallest absolute Gasteiger partial charge is 0.336 e. The van der Waals surface area contributed by atoms with Gasteiger partial charge in [0.2, 0.25) is 0 Å². The number of urea groups is 1. The summed E-state index contributed by atoms with van der Waals surface area (Å²) in [5.41, 5.74) is 2.07. The molecule has 31 heavy (non-hydrogen) atoms. The van der Waals surface area contributed by atoms with Crippen LogP contribution in [0.5, 0.6) is 0 Å². The molecule has 3 rings (SSSR count). The highest BCUT2D eigenvalue weighted by atomic mass is 35.5. The molecule has 0 radical (unpaired) electrons. The van der Waals surface area contributed by atoms with Gasteiger partial charge in [-0.2, -0.15) is 0 Å². The van der Waals surface area contributed by atoms with Crippen molar-refractivity contribution in [3.8, 4) is 0 Å². The van der Waals surface area contributed by atoms with Crippen molar-refractivity contribution in [2.24, 2.45) is 0 Å². The molecular formula is C22H19ClFN3O3S. The van der Waals surface area contributed by atoms with E-state index in [1.807, 2.05) is 0 Å². The molecule has 0 unspecified atom stereocenters. The lowest BCUT2D eigenvalue weighted by atomic mass is 10.1. The van der Waals surface area contributed by atoms with Crippen molar-refractivity contribution in [3.05, 3.63) is 88.7 Å². The van der Waals surface area contributed by atoms with Crippen molar-refractivity contribution >= 4 is 53.4 Å². The van der Waals surface area contributed by atoms with Crippen LogP contribution in [0.2, 0.25) is 5.02 Å². The van der Waals surface area contributed by atoms with Gasteiger partial charge in [-0.1, -0.05) is 42.6 Å². The molecule has 3 aromatic carbocycles. The summed E-state index contributed by atoms with van der Waals surface area (Å²) >= 11 is 10.4. The maximum absolute atomic E-state index is 13.7. The van der Waals surface area contributed by atoms with Gasteiger partial charge >= 0.3 is 6.03 Å². The van der Waals surface area contributed by atoms with Gasteiger partial charge in [0.05, 0.1) is 11.3 Å². The second-order valence-electron chi connectivity index (χ2n) is 6.50. The van der Waals surface area contributed by atoms with E-state index >= 15 is 0 Å². The van der Waals surface area contributed by atoms with Gasteiger partial charge in [-0.15, -0.1) is 0 Å². The summed E-state index contributed by atoms with van der Waals surface area (Å²) in [7, 11) is 0. The number of nitrogens with one attached hydrogen (secondary N) is 2. The minimum atomic E-state index is -0.612. The van der Waals surface area contributed by atoms with Crippen LogP contribution in [0, 0.1) is 5.82 Å². The molecule has 0 saturated heterocycles. The highest BCUT2D eigenvalue weighted by molar-refractivity contribution is 7.82. The van der Waals surface area contributed by atoms with Crippen LogP contribution in [0.1, 0.15) is 15.9 Å². The Kier molecular flexibility index (Phi) is 7.51. The summed E-state index contributed by atoms with van der Waals surface area (Å²) in [6.45, 7) is -0.0212. The second kappa shape index (κ2) is 10.3. The molecule has 0 atom stereocenters. The Morgan fingerprint density at radius 2 is 1.68 bits per heavy atom. The number of benzene rings is 3. The first-order chi connectivity index (χ1) is 14.9. The van der Waals surface area contributed by atoms with Crippen molar-refractivity contribution in [1.29, 1.82) is 0 Å². The van der Waals surface area contributed by atoms with Gasteiger partial charge in [0, 0.05) is 23.0 Å². The SMILES string of the molecule is O=C(Nc1ccc(N(S)C(=O)Nc2ccc(CCO)c(Cl)c2)cc1)c1ccccc1F. The Morgan fingerprint density at radius 3 is 2.32 bits per heavy atom. The summed E-state index contributed by atoms with van der Waals surface area (Å²) in [5.74, 6) is -1.19. The average Bonchev–Trinajstić information content (AvgIpc) is 2.76. The highest BCUT2D eigenvalue weighted by Gasteiger charge is 2.14. The van der Waals surface area contributed by atoms with Gasteiger partial charge in [0.25, 0.3) is 5.91 Å². The summed E-state index contributed by atoms with van der Waals surface area (Å²) in [6.07, 6.45) is 0.422. The van der Waals surface area contributed by atoms with E-state index in [0.717, 1.165) is 9.87 Å². The van der Waals surface area contributed by atoms with Gasteiger partial charge in [-0.25, -0.2) is 13.5 Å². The Balaban J connectivity index is 1.63. The Morgan fingerprint density at radius 1 is 1.00 bits per heavy atom. The minimum Gasteiger partial charge on any atom is -0.396 e. The molecular weight excluding hydrogens is 441 g/mol. The predicted octanol–water partition coefficient (Wildman–Crippen LogP) is 5.15. The molecule has 6 nitrogen and oxygen atoms in total. The Hall–Kier alpha value is -3.07. The Bertz CT molecular complexity index is 1100. The quantitative estimate of drug-likeness (QED) is 0.385. The number of aliphatic hydroxyl groups excluding tert-OH is 1. The number of thiol groups is 1. The first-order valence-corrected chi connectivity index (χ1v) is 10.0. The lowest BCUT2D eigenvalue weighted by molar-refractivity contribution is 0.102. The minimum absolute atomic E-state index is 0.0212. The number of amides is 3. The largest absolute Gasteiger partial charge is 0.396 e. The summed E-state index contributed by atoms with van der Waals surface area (Å²) < 4.78 is 14.8. The first kappa shape index (κ1) is 22.6. The van der Waals surface area contributed by atoms with Crippen LogP contribution < -0.4 is 14.9 Å². The van der Waals surface area contributed by atoms with Crippen LogP contribution in [0.25, 0.3) is 0 Å². The summed E-state index contributed by atoms with van der Waals surface area (Å²) in [4.78, 5) is 24.7. The number of halogens is 2. The number of rotatable bonds is 6. The summed E-state index contributed by atoms with van der Waals surface area (Å²) in [5, 5.41) is 14.7. The number of hydrogen-bond donors (Lipinski definition) is 4. The molecule has 0 aliphatic carbocycles. The monoisotopic (exact) mass is 459 g/mol. The van der Waals surface area contributed by atoms with Gasteiger partial charge in [0.1, 0.15) is 5.82 Å². The second-order valence-corrected chi connectivity index (χ2v) is 7.31. The zero-order valence-electron chi connectivity index (χ0n) is 16.2. The number of anilines is 3. The molecule has 0 heterocycles. The van der Waals surface area contributed by atoms with Gasteiger partial charge < -0.3 is 15.7 Å². The average molecular weight is 460 g/mol. The lowest BCUT2D eigenvalue weighted by Gasteiger charge is -2.17. The van der Waals surface area contributed by atoms with Crippen molar-refractivity contribution in [3.63, 3.8) is 0 Å². The van der Waals surface area contributed by atoms with Gasteiger partial charge in [0.15, 0.2) is 0 Å². The van der Waals surface area contributed by atoms with Crippen molar-refractivity contribution < 1.29 is 19.1 Å². The molecule has 3 N–H and O–H groups in total. The molecule has 3 aromatic rings. The third-order valence-corrected chi connectivity index (χ3v) is 5.13. The van der Waals surface area contributed by atoms with E-state index in [4.69, 9.17) is 16.7 Å². The van der Waals surface area contributed by atoms with E-state index in [1.54, 1.807) is 48.5 Å². The number of aliphatic hydroxyl groups is 1. The molecule has 0 fully saturated rings. The molecule has 3 amide bonds. The van der Waals surface area contributed by atoms with Crippen molar-refractivity contribution in [1.82, 2.24) is 0 Å². The van der Waals surface area contributed by atoms with Gasteiger partial charge in [-0.05, 0) is 60.5 Å². The highest BCUT2D eigenvalue weighted by Crippen LogP contribution is 2.24. The summed E-state index contributed by atoms with van der Waals surface area (Å²) in [6, 6.07) is 16.5. The number of hydrogen-bond acceptors (Lipinski definition) is 4. The molecule has 0 aliphatic heterocycles. The zero-order chi connectivity index (χ0) is 22.4. The van der Waals surface area contributed by atoms with E-state index in [2.05, 4.69) is 23.4 Å². The van der Waals surface area contributed by atoms with Gasteiger partial charge in [-0.3, -0.25) is 4.79 Å². The fourth-order valence-corrected chi connectivity index (χ4v) is 3.23. The fourth-order valence-electron chi connectivity index (χ4n) is 2.77. The number of carbonyl (C=O) groups is 2. The molecule has 0 aromatic heterocycles. The maximum atomic E-state index is 13.7. The third-order valence-electron chi connectivity index (χ3n) is 4.37. The predicted molar refractivity (Wildman–Crippen MR) is 124 cm³/mol. The van der Waals surface area contributed by atoms with Crippen molar-refractivity contribution in [2.75, 3.05) is 21.5 Å². The topological polar surface area (TPSA) is 81.7 Å². The van der Waals surface area contributed by atoms with E-state index in [0.29, 0.717) is 28.5 Å². The molecule has 0 bridgehead atoms. The van der Waals surface area contributed by atoms with E-state index in [1.165, 1.54) is 18.2 Å². The third kappa shape index (κ3) is 5.75. The van der Waals surface area contributed by atoms with Crippen LogP contribution in [0.4, 0.5) is 26.2 Å². The lowest BCUT2D eigenvalue weighted by Crippen LogP contribution is -2.26. The van der Waals surface area contributed by atoms with E-state index in [9.17, 15) is 14.0 Å². The van der Waals surface area contributed by atoms with Crippen LogP contribution in [-0.4, -0.2) is 23.7 Å². The van der Waals surface area contributed by atoms with Crippen LogP contribution >= 0.6 is 24.4 Å². The number of carbonyl (C=O) groups excluding carboxylic acids is 2. The molecule has 9 heteroatoms. The standard InChI is InChI=1S/C22H19ClFN3O3S/c23-19-13-16(6-5-14(19)11-12-28)26-22(30)27(31)17-9-7-15(8-10-17)25-21(29)18-3-1-2-4-20(18)24/h1-10,13,28,31H,11-12H2,(H,25,29)(H,26,30).